The second-order valence-corrected chi connectivity index (χ2v) is 23.6. The number of hydrogen-bond donors (Lipinski definition) is 0. The minimum absolute atomic E-state index is 1.10. The quantitative estimate of drug-likeness (QED) is 0.140. The first-order valence-corrected chi connectivity index (χ1v) is 30.4. The summed E-state index contributed by atoms with van der Waals surface area (Å²) in [6.45, 7) is 0. The number of hydrogen-bond acceptors (Lipinski definition) is 2. The first kappa shape index (κ1) is 49.8. The van der Waals surface area contributed by atoms with Gasteiger partial charge >= 0.3 is 0 Å². The predicted molar refractivity (Wildman–Crippen MR) is 379 cm³/mol. The van der Waals surface area contributed by atoms with E-state index < -0.39 is 0 Å². The van der Waals surface area contributed by atoms with Crippen molar-refractivity contribution in [3.8, 4) is 22.3 Å². The maximum Gasteiger partial charge on any atom is 0.0468 e. The van der Waals surface area contributed by atoms with Crippen LogP contribution in [0.3, 0.4) is 0 Å². The summed E-state index contributed by atoms with van der Waals surface area (Å²) in [7, 11) is 0. The molecular weight excluding hydrogens is 1060 g/mol. The van der Waals surface area contributed by atoms with E-state index in [2.05, 4.69) is 337 Å². The second kappa shape index (κ2) is 20.0. The van der Waals surface area contributed by atoms with Gasteiger partial charge in [0, 0.05) is 34.1 Å². The molecule has 2 nitrogen and oxygen atoms in total. The molecule has 0 N–H and O–H groups in total. The molecule has 0 aliphatic rings. The summed E-state index contributed by atoms with van der Waals surface area (Å²) in [5.41, 5.74) is 11.4. The van der Waals surface area contributed by atoms with E-state index in [0.29, 0.717) is 0 Å². The summed E-state index contributed by atoms with van der Waals surface area (Å²) in [5.74, 6) is 0. The fourth-order valence-corrected chi connectivity index (χ4v) is 14.5. The summed E-state index contributed by atoms with van der Waals surface area (Å²) in [4.78, 5) is 4.87. The van der Waals surface area contributed by atoms with E-state index in [4.69, 9.17) is 0 Å². The lowest BCUT2D eigenvalue weighted by atomic mass is 9.92. The second-order valence-electron chi connectivity index (χ2n) is 23.6. The van der Waals surface area contributed by atoms with Crippen LogP contribution in [-0.2, 0) is 0 Å². The fraction of sp³-hybridized carbons (Fsp3) is 0. The van der Waals surface area contributed by atoms with E-state index in [1.54, 1.807) is 0 Å². The van der Waals surface area contributed by atoms with E-state index in [1.807, 2.05) is 0 Å². The van der Waals surface area contributed by atoms with Crippen molar-refractivity contribution in [3.05, 3.63) is 328 Å². The van der Waals surface area contributed by atoms with Crippen molar-refractivity contribution in [3.63, 3.8) is 0 Å². The van der Waals surface area contributed by atoms with Crippen LogP contribution >= 0.6 is 0 Å². The number of anilines is 6. The van der Waals surface area contributed by atoms with Gasteiger partial charge in [0.1, 0.15) is 0 Å². The molecule has 88 heavy (non-hydrogen) atoms. The Hall–Kier alpha value is -11.6. The number of nitrogens with zero attached hydrogens (tertiary/aromatic N) is 2. The molecule has 0 aliphatic heterocycles. The van der Waals surface area contributed by atoms with Crippen LogP contribution in [0.4, 0.5) is 34.1 Å². The zero-order valence-corrected chi connectivity index (χ0v) is 48.1. The third kappa shape index (κ3) is 8.11. The Kier molecular flexibility index (Phi) is 11.3. The largest absolute Gasteiger partial charge is 0.310 e. The molecule has 0 unspecified atom stereocenters. The zero-order chi connectivity index (χ0) is 57.8. The monoisotopic (exact) mass is 1110 g/mol. The van der Waals surface area contributed by atoms with Gasteiger partial charge in [-0.2, -0.15) is 0 Å². The van der Waals surface area contributed by atoms with Gasteiger partial charge in [-0.1, -0.05) is 249 Å². The van der Waals surface area contributed by atoms with E-state index in [9.17, 15) is 0 Å². The van der Waals surface area contributed by atoms with E-state index in [0.717, 1.165) is 34.1 Å². The third-order valence-electron chi connectivity index (χ3n) is 18.7. The molecule has 18 aromatic carbocycles. The summed E-state index contributed by atoms with van der Waals surface area (Å²) in [6, 6.07) is 122. The molecular formula is C86H54N2. The van der Waals surface area contributed by atoms with Gasteiger partial charge in [0.15, 0.2) is 0 Å². The molecule has 18 aromatic rings. The molecule has 0 spiro atoms. The van der Waals surface area contributed by atoms with Crippen molar-refractivity contribution in [2.75, 3.05) is 9.80 Å². The van der Waals surface area contributed by atoms with Crippen LogP contribution in [0.25, 0.3) is 141 Å². The van der Waals surface area contributed by atoms with E-state index in [-0.39, 0.29) is 0 Å². The standard InChI is InChI=1S/C86H54N2/c1-2-14-55(15-3-1)59-18-12-19-65(48-59)87(66-37-43-74-60(49-66)32-28-56-16-4-6-20-71(56)74)67-40-46-77-62(51-67)34-30-58-31-35-64(53-85(58)77)73-26-13-27-78-76-45-39-69(52-63(76)36-42-83(73)78)88(68-38-44-75-61(50-68)33-29-57-17-5-7-21-72(57)75)70-41-47-84-81-24-9-8-22-79(81)80-23-10-11-25-82(80)86(84)54-70/h1-54H. The Bertz CT molecular complexity index is 5870. The Labute approximate surface area is 509 Å². The Morgan fingerprint density at radius 2 is 0.466 bits per heavy atom. The van der Waals surface area contributed by atoms with Crippen molar-refractivity contribution < 1.29 is 0 Å². The molecule has 0 aliphatic carbocycles. The van der Waals surface area contributed by atoms with Gasteiger partial charge in [-0.05, 0) is 220 Å². The van der Waals surface area contributed by atoms with Gasteiger partial charge in [-0.25, -0.2) is 0 Å². The molecule has 18 rings (SSSR count). The van der Waals surface area contributed by atoms with Crippen LogP contribution in [0.2, 0.25) is 0 Å². The van der Waals surface area contributed by atoms with E-state index >= 15 is 0 Å². The minimum Gasteiger partial charge on any atom is -0.310 e. The highest BCUT2D eigenvalue weighted by atomic mass is 15.1. The molecule has 0 radical (unpaired) electrons. The predicted octanol–water partition coefficient (Wildman–Crippen LogP) is 24.6. The summed E-state index contributed by atoms with van der Waals surface area (Å²) in [5, 5.41) is 27.3. The molecule has 0 saturated carbocycles. The van der Waals surface area contributed by atoms with Gasteiger partial charge in [-0.15, -0.1) is 0 Å². The molecule has 0 fully saturated rings. The minimum atomic E-state index is 1.10. The Balaban J connectivity index is 0.745. The summed E-state index contributed by atoms with van der Waals surface area (Å²) < 4.78 is 0. The molecule has 0 bridgehead atoms. The highest BCUT2D eigenvalue weighted by Gasteiger charge is 2.20. The van der Waals surface area contributed by atoms with Gasteiger partial charge in [0.25, 0.3) is 0 Å². The van der Waals surface area contributed by atoms with Gasteiger partial charge in [0.05, 0.1) is 0 Å². The molecule has 2 heteroatoms. The zero-order valence-electron chi connectivity index (χ0n) is 48.1. The molecule has 0 heterocycles. The highest BCUT2D eigenvalue weighted by Crippen LogP contribution is 2.46. The average Bonchev–Trinajstić information content (AvgIpc) is 1.05. The third-order valence-corrected chi connectivity index (χ3v) is 18.7. The first-order valence-electron chi connectivity index (χ1n) is 30.4. The summed E-state index contributed by atoms with van der Waals surface area (Å²) in [6.07, 6.45) is 0. The van der Waals surface area contributed by atoms with Crippen molar-refractivity contribution in [1.82, 2.24) is 0 Å². The average molecular weight is 1120 g/mol. The molecule has 0 saturated heterocycles. The van der Waals surface area contributed by atoms with E-state index in [1.165, 1.54) is 141 Å². The van der Waals surface area contributed by atoms with Crippen molar-refractivity contribution >= 4 is 153 Å². The van der Waals surface area contributed by atoms with Crippen LogP contribution < -0.4 is 9.80 Å². The lowest BCUT2D eigenvalue weighted by molar-refractivity contribution is 1.29. The van der Waals surface area contributed by atoms with Crippen LogP contribution in [0.15, 0.2) is 328 Å². The Morgan fingerprint density at radius 3 is 1.02 bits per heavy atom. The van der Waals surface area contributed by atoms with Gasteiger partial charge < -0.3 is 9.80 Å². The van der Waals surface area contributed by atoms with Gasteiger partial charge in [0.2, 0.25) is 0 Å². The molecule has 0 amide bonds. The maximum absolute atomic E-state index is 2.45. The fourth-order valence-electron chi connectivity index (χ4n) is 14.5. The molecule has 0 atom stereocenters. The van der Waals surface area contributed by atoms with Crippen molar-refractivity contribution in [2.45, 2.75) is 0 Å². The number of rotatable bonds is 8. The maximum atomic E-state index is 2.45. The van der Waals surface area contributed by atoms with Crippen LogP contribution in [-0.4, -0.2) is 0 Å². The smallest absolute Gasteiger partial charge is 0.0468 e. The topological polar surface area (TPSA) is 6.48 Å². The molecule has 0 aromatic heterocycles. The first-order chi connectivity index (χ1) is 43.6. The summed E-state index contributed by atoms with van der Waals surface area (Å²) >= 11 is 0. The van der Waals surface area contributed by atoms with Gasteiger partial charge in [-0.3, -0.25) is 0 Å². The highest BCUT2D eigenvalue weighted by molar-refractivity contribution is 6.26. The van der Waals surface area contributed by atoms with Crippen LogP contribution in [0.5, 0.6) is 0 Å². The lowest BCUT2D eigenvalue weighted by Gasteiger charge is -2.27. The number of fused-ring (bicyclic) bond motifs is 18. The molecule has 408 valence electrons. The number of benzene rings is 18. The Morgan fingerprint density at radius 1 is 0.136 bits per heavy atom. The normalized spacial score (nSPS) is 11.9. The SMILES string of the molecule is c1ccc(-c2cccc(N(c3ccc4c(ccc5ccccc54)c3)c3ccc4c(ccc5ccc(-c6cccc7c6ccc6cc(N(c8ccc9c(ccc%10ccccc%109)c8)c8ccc9c%10ccccc%10c%10ccccc%10c9c8)ccc67)cc54)c3)c2)cc1. The van der Waals surface area contributed by atoms with Crippen molar-refractivity contribution in [2.24, 2.45) is 0 Å². The van der Waals surface area contributed by atoms with Crippen LogP contribution in [0.1, 0.15) is 0 Å². The van der Waals surface area contributed by atoms with Crippen LogP contribution in [0, 0.1) is 0 Å². The van der Waals surface area contributed by atoms with Crippen molar-refractivity contribution in [1.29, 1.82) is 0 Å². The lowest BCUT2D eigenvalue weighted by Crippen LogP contribution is -2.10.